The first-order valence-electron chi connectivity index (χ1n) is 4.77. The quantitative estimate of drug-likeness (QED) is 0.822. The molecule has 0 fully saturated rings. The van der Waals surface area contributed by atoms with Gasteiger partial charge in [0.15, 0.2) is 0 Å². The molecule has 16 heavy (non-hydrogen) atoms. The Morgan fingerprint density at radius 2 is 2.00 bits per heavy atom. The summed E-state index contributed by atoms with van der Waals surface area (Å²) in [6, 6.07) is 7.81. The molecule has 2 aromatic rings. The van der Waals surface area contributed by atoms with Crippen molar-refractivity contribution in [3.05, 3.63) is 35.9 Å². The first kappa shape index (κ1) is 10.6. The summed E-state index contributed by atoms with van der Waals surface area (Å²) in [4.78, 5) is 0. The lowest BCUT2D eigenvalue weighted by atomic mass is 10.0. The smallest absolute Gasteiger partial charge is 0.271 e. The Hall–Kier alpha value is -1.91. The van der Waals surface area contributed by atoms with E-state index in [1.54, 1.807) is 18.2 Å². The van der Waals surface area contributed by atoms with E-state index in [1.165, 1.54) is 12.1 Å². The zero-order chi connectivity index (χ0) is 11.8. The molecule has 3 N–H and O–H groups in total. The van der Waals surface area contributed by atoms with E-state index in [2.05, 4.69) is 10.2 Å². The SMILES string of the molecule is CC(F)(F)c1ccccc1-c1cc(N)n[nH]1. The molecule has 0 aliphatic carbocycles. The standard InChI is InChI=1S/C11H11F2N3/c1-11(12,13)8-5-3-2-4-7(8)9-6-10(14)16-15-9/h2-6H,1H3,(H3,14,15,16). The Labute approximate surface area is 91.3 Å². The Morgan fingerprint density at radius 3 is 2.56 bits per heavy atom. The van der Waals surface area contributed by atoms with Gasteiger partial charge in [-0.25, -0.2) is 8.78 Å². The van der Waals surface area contributed by atoms with Crippen molar-refractivity contribution in [3.8, 4) is 11.3 Å². The first-order valence-corrected chi connectivity index (χ1v) is 4.77. The van der Waals surface area contributed by atoms with E-state index in [4.69, 9.17) is 5.73 Å². The lowest BCUT2D eigenvalue weighted by Crippen LogP contribution is -2.08. The van der Waals surface area contributed by atoms with Crippen molar-refractivity contribution in [1.82, 2.24) is 10.2 Å². The minimum Gasteiger partial charge on any atom is -0.382 e. The molecule has 0 unspecified atom stereocenters. The fraction of sp³-hybridized carbons (Fsp3) is 0.182. The van der Waals surface area contributed by atoms with Gasteiger partial charge in [0.2, 0.25) is 0 Å². The average molecular weight is 223 g/mol. The van der Waals surface area contributed by atoms with Crippen LogP contribution in [0.2, 0.25) is 0 Å². The van der Waals surface area contributed by atoms with Crippen molar-refractivity contribution in [2.75, 3.05) is 5.73 Å². The number of alkyl halides is 2. The maximum Gasteiger partial charge on any atom is 0.271 e. The summed E-state index contributed by atoms with van der Waals surface area (Å²) in [5, 5.41) is 6.35. The second-order valence-corrected chi connectivity index (χ2v) is 3.64. The van der Waals surface area contributed by atoms with E-state index in [1.807, 2.05) is 0 Å². The second-order valence-electron chi connectivity index (χ2n) is 3.64. The Balaban J connectivity index is 2.57. The minimum atomic E-state index is -2.89. The van der Waals surface area contributed by atoms with E-state index in [0.29, 0.717) is 11.3 Å². The highest BCUT2D eigenvalue weighted by Gasteiger charge is 2.27. The fourth-order valence-electron chi connectivity index (χ4n) is 1.58. The number of aromatic amines is 1. The number of halogens is 2. The third kappa shape index (κ3) is 1.88. The van der Waals surface area contributed by atoms with E-state index in [0.717, 1.165) is 6.92 Å². The number of nitrogen functional groups attached to an aromatic ring is 1. The van der Waals surface area contributed by atoms with Gasteiger partial charge < -0.3 is 5.73 Å². The number of anilines is 1. The van der Waals surface area contributed by atoms with Crippen molar-refractivity contribution in [2.24, 2.45) is 0 Å². The van der Waals surface area contributed by atoms with Crippen LogP contribution in [0.3, 0.4) is 0 Å². The van der Waals surface area contributed by atoms with Crippen LogP contribution in [0.4, 0.5) is 14.6 Å². The zero-order valence-electron chi connectivity index (χ0n) is 8.67. The van der Waals surface area contributed by atoms with Gasteiger partial charge in [-0.3, -0.25) is 5.10 Å². The molecule has 2 rings (SSSR count). The van der Waals surface area contributed by atoms with Crippen LogP contribution in [0.25, 0.3) is 11.3 Å². The summed E-state index contributed by atoms with van der Waals surface area (Å²) in [6.07, 6.45) is 0. The second kappa shape index (κ2) is 3.59. The largest absolute Gasteiger partial charge is 0.382 e. The average Bonchev–Trinajstić information content (AvgIpc) is 2.64. The molecule has 0 bridgehead atoms. The van der Waals surface area contributed by atoms with Crippen molar-refractivity contribution >= 4 is 5.82 Å². The number of nitrogens with two attached hydrogens (primary N) is 1. The van der Waals surface area contributed by atoms with Crippen LogP contribution in [0.1, 0.15) is 12.5 Å². The number of aromatic nitrogens is 2. The summed E-state index contributed by atoms with van der Waals surface area (Å²) in [5.74, 6) is -2.61. The Morgan fingerprint density at radius 1 is 1.31 bits per heavy atom. The van der Waals surface area contributed by atoms with Crippen molar-refractivity contribution < 1.29 is 8.78 Å². The van der Waals surface area contributed by atoms with Gasteiger partial charge in [-0.2, -0.15) is 5.10 Å². The summed E-state index contributed by atoms with van der Waals surface area (Å²) < 4.78 is 26.7. The van der Waals surface area contributed by atoms with Crippen molar-refractivity contribution in [2.45, 2.75) is 12.8 Å². The van der Waals surface area contributed by atoms with Crippen LogP contribution in [0.5, 0.6) is 0 Å². The Bertz CT molecular complexity index is 500. The maximum absolute atomic E-state index is 13.3. The highest BCUT2D eigenvalue weighted by Crippen LogP contribution is 2.34. The lowest BCUT2D eigenvalue weighted by Gasteiger charge is -2.14. The monoisotopic (exact) mass is 223 g/mol. The van der Waals surface area contributed by atoms with Crippen molar-refractivity contribution in [3.63, 3.8) is 0 Å². The highest BCUT2D eigenvalue weighted by atomic mass is 19.3. The van der Waals surface area contributed by atoms with Crippen LogP contribution in [-0.2, 0) is 5.92 Å². The number of nitrogens with zero attached hydrogens (tertiary/aromatic N) is 1. The van der Waals surface area contributed by atoms with E-state index < -0.39 is 5.92 Å². The predicted octanol–water partition coefficient (Wildman–Crippen LogP) is 2.77. The number of nitrogens with one attached hydrogen (secondary N) is 1. The van der Waals surface area contributed by atoms with Gasteiger partial charge in [-0.05, 0) is 0 Å². The third-order valence-electron chi connectivity index (χ3n) is 2.29. The van der Waals surface area contributed by atoms with Gasteiger partial charge in [0, 0.05) is 24.1 Å². The van der Waals surface area contributed by atoms with Crippen LogP contribution in [0, 0.1) is 0 Å². The molecule has 0 spiro atoms. The lowest BCUT2D eigenvalue weighted by molar-refractivity contribution is 0.0181. The van der Waals surface area contributed by atoms with Gasteiger partial charge in [-0.1, -0.05) is 24.3 Å². The molecule has 0 amide bonds. The first-order chi connectivity index (χ1) is 7.48. The van der Waals surface area contributed by atoms with Crippen LogP contribution in [0.15, 0.2) is 30.3 Å². The Kier molecular flexibility index (Phi) is 2.38. The van der Waals surface area contributed by atoms with E-state index in [9.17, 15) is 8.78 Å². The van der Waals surface area contributed by atoms with Crippen LogP contribution >= 0.6 is 0 Å². The van der Waals surface area contributed by atoms with Gasteiger partial charge >= 0.3 is 0 Å². The van der Waals surface area contributed by atoms with Crippen LogP contribution in [-0.4, -0.2) is 10.2 Å². The number of hydrogen-bond donors (Lipinski definition) is 2. The molecule has 0 saturated carbocycles. The van der Waals surface area contributed by atoms with Crippen molar-refractivity contribution in [1.29, 1.82) is 0 Å². The molecule has 0 aliphatic rings. The molecule has 1 aromatic carbocycles. The zero-order valence-corrected chi connectivity index (χ0v) is 8.67. The molecule has 84 valence electrons. The summed E-state index contributed by atoms with van der Waals surface area (Å²) in [5.41, 5.74) is 6.31. The van der Waals surface area contributed by atoms with Gasteiger partial charge in [0.05, 0.1) is 5.69 Å². The maximum atomic E-state index is 13.3. The summed E-state index contributed by atoms with van der Waals surface area (Å²) in [6.45, 7) is 0.867. The normalized spacial score (nSPS) is 11.7. The molecule has 0 aliphatic heterocycles. The third-order valence-corrected chi connectivity index (χ3v) is 2.29. The van der Waals surface area contributed by atoms with Gasteiger partial charge in [-0.15, -0.1) is 0 Å². The van der Waals surface area contributed by atoms with E-state index in [-0.39, 0.29) is 11.4 Å². The molecule has 1 heterocycles. The molecule has 0 atom stereocenters. The molecule has 0 radical (unpaired) electrons. The summed E-state index contributed by atoms with van der Waals surface area (Å²) in [7, 11) is 0. The molecule has 0 saturated heterocycles. The number of benzene rings is 1. The number of hydrogen-bond acceptors (Lipinski definition) is 2. The van der Waals surface area contributed by atoms with Gasteiger partial charge in [0.1, 0.15) is 5.82 Å². The fourth-order valence-corrected chi connectivity index (χ4v) is 1.58. The number of rotatable bonds is 2. The summed E-state index contributed by atoms with van der Waals surface area (Å²) >= 11 is 0. The molecular formula is C11H11F2N3. The molecular weight excluding hydrogens is 212 g/mol. The molecule has 3 nitrogen and oxygen atoms in total. The molecule has 1 aromatic heterocycles. The van der Waals surface area contributed by atoms with Gasteiger partial charge in [0.25, 0.3) is 5.92 Å². The number of H-pyrrole nitrogens is 1. The topological polar surface area (TPSA) is 54.7 Å². The van der Waals surface area contributed by atoms with Crippen LogP contribution < -0.4 is 5.73 Å². The molecule has 5 heteroatoms. The predicted molar refractivity (Wildman–Crippen MR) is 58.0 cm³/mol. The highest BCUT2D eigenvalue weighted by molar-refractivity contribution is 5.66. The minimum absolute atomic E-state index is 0.0429. The van der Waals surface area contributed by atoms with E-state index >= 15 is 0 Å².